The Morgan fingerprint density at radius 2 is 1.87 bits per heavy atom. The second kappa shape index (κ2) is 7.37. The maximum atomic E-state index is 13.1. The molecule has 0 bridgehead atoms. The normalized spacial score (nSPS) is 12.2. The lowest BCUT2D eigenvalue weighted by Gasteiger charge is -2.17. The zero-order valence-electron chi connectivity index (χ0n) is 11.5. The summed E-state index contributed by atoms with van der Waals surface area (Å²) in [6.07, 6.45) is -11.0. The van der Waals surface area contributed by atoms with Gasteiger partial charge in [-0.05, 0) is 12.5 Å². The number of esters is 1. The number of halogens is 7. The largest absolute Gasteiger partial charge is 0.574 e. The Morgan fingerprint density at radius 1 is 1.26 bits per heavy atom. The van der Waals surface area contributed by atoms with E-state index in [1.54, 1.807) is 0 Å². The van der Waals surface area contributed by atoms with Crippen molar-refractivity contribution in [2.24, 2.45) is 0 Å². The summed E-state index contributed by atoms with van der Waals surface area (Å²) in [6.45, 7) is 1.42. The van der Waals surface area contributed by atoms with Crippen molar-refractivity contribution in [2.45, 2.75) is 31.2 Å². The number of nitrogens with zero attached hydrogens (tertiary/aromatic N) is 1. The fourth-order valence-corrected chi connectivity index (χ4v) is 2.15. The van der Waals surface area contributed by atoms with Crippen LogP contribution in [0.2, 0.25) is 0 Å². The molecule has 0 aliphatic heterocycles. The van der Waals surface area contributed by atoms with E-state index < -0.39 is 47.6 Å². The minimum absolute atomic E-state index is 0.0491. The van der Waals surface area contributed by atoms with Crippen molar-refractivity contribution < 1.29 is 40.6 Å². The Kier molecular flexibility index (Phi) is 6.25. The molecule has 0 saturated carbocycles. The molecule has 0 amide bonds. The monoisotopic (exact) mass is 409 g/mol. The van der Waals surface area contributed by atoms with Gasteiger partial charge in [0.25, 0.3) is 0 Å². The summed E-state index contributed by atoms with van der Waals surface area (Å²) in [4.78, 5) is 14.8. The number of pyridine rings is 1. The van der Waals surface area contributed by atoms with Gasteiger partial charge in [0.15, 0.2) is 0 Å². The van der Waals surface area contributed by atoms with E-state index in [9.17, 15) is 31.1 Å². The Labute approximate surface area is 134 Å². The highest BCUT2D eigenvalue weighted by Gasteiger charge is 2.38. The van der Waals surface area contributed by atoms with Crippen LogP contribution in [0.4, 0.5) is 26.3 Å². The third-order valence-corrected chi connectivity index (χ3v) is 3.00. The van der Waals surface area contributed by atoms with E-state index in [1.807, 2.05) is 0 Å². The molecule has 0 atom stereocenters. The predicted molar refractivity (Wildman–Crippen MR) is 68.9 cm³/mol. The van der Waals surface area contributed by atoms with Crippen molar-refractivity contribution in [1.29, 1.82) is 0 Å². The van der Waals surface area contributed by atoms with E-state index in [1.165, 1.54) is 6.92 Å². The van der Waals surface area contributed by atoms with Gasteiger partial charge in [-0.2, -0.15) is 13.2 Å². The van der Waals surface area contributed by atoms with E-state index in [0.29, 0.717) is 0 Å². The highest BCUT2D eigenvalue weighted by Crippen LogP contribution is 2.37. The average Bonchev–Trinajstić information content (AvgIpc) is 2.37. The van der Waals surface area contributed by atoms with Crippen LogP contribution in [0.5, 0.6) is 5.88 Å². The molecule has 0 aromatic carbocycles. The van der Waals surface area contributed by atoms with Gasteiger partial charge >= 0.3 is 18.5 Å². The van der Waals surface area contributed by atoms with E-state index in [4.69, 9.17) is 0 Å². The molecule has 1 aromatic rings. The smallest absolute Gasteiger partial charge is 0.466 e. The van der Waals surface area contributed by atoms with Gasteiger partial charge in [0.2, 0.25) is 5.88 Å². The lowest BCUT2D eigenvalue weighted by atomic mass is 10.0. The predicted octanol–water partition coefficient (Wildman–Crippen LogP) is 4.00. The maximum Gasteiger partial charge on any atom is 0.574 e. The third-order valence-electron chi connectivity index (χ3n) is 2.47. The molecule has 1 aromatic heterocycles. The summed E-state index contributed by atoms with van der Waals surface area (Å²) in [7, 11) is 0. The SMILES string of the molecule is CCOC(=O)Cc1c(C(F)(F)F)cc(OC(F)(F)F)nc1CBr. The number of rotatable bonds is 5. The van der Waals surface area contributed by atoms with Crippen molar-refractivity contribution in [1.82, 2.24) is 4.98 Å². The first-order valence-corrected chi connectivity index (χ1v) is 7.17. The van der Waals surface area contributed by atoms with E-state index >= 15 is 0 Å². The first kappa shape index (κ1) is 19.5. The summed E-state index contributed by atoms with van der Waals surface area (Å²) in [5.74, 6) is -2.21. The molecule has 0 N–H and O–H groups in total. The zero-order chi connectivity index (χ0) is 17.8. The lowest BCUT2D eigenvalue weighted by molar-refractivity contribution is -0.276. The molecular formula is C12H10BrF6NO3. The quantitative estimate of drug-likeness (QED) is 0.419. The minimum Gasteiger partial charge on any atom is -0.466 e. The first-order valence-electron chi connectivity index (χ1n) is 6.05. The number of ether oxygens (including phenoxy) is 2. The molecule has 0 radical (unpaired) electrons. The number of carbonyl (C=O) groups excluding carboxylic acids is 1. The topological polar surface area (TPSA) is 48.4 Å². The van der Waals surface area contributed by atoms with Crippen LogP contribution < -0.4 is 4.74 Å². The van der Waals surface area contributed by atoms with E-state index in [0.717, 1.165) is 0 Å². The van der Waals surface area contributed by atoms with Gasteiger partial charge in [0.1, 0.15) is 0 Å². The standard InChI is InChI=1S/C12H10BrF6NO3/c1-2-22-10(21)3-6-7(11(14,15)16)4-9(20-8(6)5-13)23-12(17,18)19/h4H,2-3,5H2,1H3. The maximum absolute atomic E-state index is 13.1. The first-order chi connectivity index (χ1) is 10.5. The van der Waals surface area contributed by atoms with Gasteiger partial charge in [-0.3, -0.25) is 4.79 Å². The second-order valence-electron chi connectivity index (χ2n) is 4.09. The second-order valence-corrected chi connectivity index (χ2v) is 4.66. The minimum atomic E-state index is -5.19. The number of aromatic nitrogens is 1. The number of carbonyl (C=O) groups is 1. The molecule has 0 aliphatic rings. The van der Waals surface area contributed by atoms with Gasteiger partial charge < -0.3 is 9.47 Å². The van der Waals surface area contributed by atoms with Crippen LogP contribution in [0.3, 0.4) is 0 Å². The van der Waals surface area contributed by atoms with E-state index in [2.05, 4.69) is 30.4 Å². The Hall–Kier alpha value is -1.52. The fraction of sp³-hybridized carbons (Fsp3) is 0.500. The molecule has 130 valence electrons. The van der Waals surface area contributed by atoms with Crippen LogP contribution in [0.25, 0.3) is 0 Å². The van der Waals surface area contributed by atoms with Crippen LogP contribution >= 0.6 is 15.9 Å². The zero-order valence-corrected chi connectivity index (χ0v) is 13.1. The highest BCUT2D eigenvalue weighted by molar-refractivity contribution is 9.08. The Bertz CT molecular complexity index is 573. The van der Waals surface area contributed by atoms with Crippen molar-refractivity contribution in [3.8, 4) is 5.88 Å². The van der Waals surface area contributed by atoms with Crippen molar-refractivity contribution in [2.75, 3.05) is 6.61 Å². The average molecular weight is 410 g/mol. The highest BCUT2D eigenvalue weighted by atomic mass is 79.9. The lowest BCUT2D eigenvalue weighted by Crippen LogP contribution is -2.21. The Morgan fingerprint density at radius 3 is 2.30 bits per heavy atom. The summed E-state index contributed by atoms with van der Waals surface area (Å²) in [5, 5.41) is -0.306. The van der Waals surface area contributed by atoms with Crippen LogP contribution in [-0.2, 0) is 27.5 Å². The van der Waals surface area contributed by atoms with Crippen molar-refractivity contribution in [3.63, 3.8) is 0 Å². The molecule has 0 unspecified atom stereocenters. The molecule has 0 aliphatic carbocycles. The molecule has 4 nitrogen and oxygen atoms in total. The van der Waals surface area contributed by atoms with Crippen LogP contribution in [0.15, 0.2) is 6.07 Å². The molecular weight excluding hydrogens is 400 g/mol. The molecule has 1 rings (SSSR count). The molecule has 23 heavy (non-hydrogen) atoms. The summed E-state index contributed by atoms with van der Waals surface area (Å²) in [6, 6.07) is 0.105. The van der Waals surface area contributed by atoms with Gasteiger partial charge in [-0.25, -0.2) is 4.98 Å². The number of hydrogen-bond donors (Lipinski definition) is 0. The summed E-state index contributed by atoms with van der Waals surface area (Å²) < 4.78 is 83.8. The molecule has 0 fully saturated rings. The van der Waals surface area contributed by atoms with E-state index in [-0.39, 0.29) is 18.0 Å². The van der Waals surface area contributed by atoms with Gasteiger partial charge in [0, 0.05) is 11.4 Å². The molecule has 1 heterocycles. The van der Waals surface area contributed by atoms with Gasteiger partial charge in [-0.15, -0.1) is 13.2 Å². The van der Waals surface area contributed by atoms with Crippen LogP contribution in [0, 0.1) is 0 Å². The molecule has 0 spiro atoms. The van der Waals surface area contributed by atoms with Crippen LogP contribution in [0.1, 0.15) is 23.7 Å². The van der Waals surface area contributed by atoms with Gasteiger partial charge in [0.05, 0.1) is 24.3 Å². The summed E-state index contributed by atoms with van der Waals surface area (Å²) in [5.41, 5.74) is -2.40. The summed E-state index contributed by atoms with van der Waals surface area (Å²) >= 11 is 2.83. The van der Waals surface area contributed by atoms with Crippen molar-refractivity contribution >= 4 is 21.9 Å². The molecule has 11 heteroatoms. The number of alkyl halides is 7. The van der Waals surface area contributed by atoms with Crippen LogP contribution in [-0.4, -0.2) is 23.9 Å². The van der Waals surface area contributed by atoms with Gasteiger partial charge in [-0.1, -0.05) is 15.9 Å². The number of hydrogen-bond acceptors (Lipinski definition) is 4. The molecule has 0 saturated heterocycles. The fourth-order valence-electron chi connectivity index (χ4n) is 1.69. The Balaban J connectivity index is 3.39. The third kappa shape index (κ3) is 5.88. The van der Waals surface area contributed by atoms with Crippen molar-refractivity contribution in [3.05, 3.63) is 22.9 Å².